The highest BCUT2D eigenvalue weighted by molar-refractivity contribution is 14.1. The summed E-state index contributed by atoms with van der Waals surface area (Å²) in [7, 11) is 0. The third-order valence-corrected chi connectivity index (χ3v) is 5.18. The molecular formula is C23H22INO. The fourth-order valence-electron chi connectivity index (χ4n) is 2.91. The van der Waals surface area contributed by atoms with Gasteiger partial charge in [-0.15, -0.1) is 0 Å². The molecule has 0 aliphatic carbocycles. The third kappa shape index (κ3) is 4.94. The van der Waals surface area contributed by atoms with Gasteiger partial charge in [-0.3, -0.25) is 4.79 Å². The van der Waals surface area contributed by atoms with Gasteiger partial charge in [0.2, 0.25) is 0 Å². The molecule has 3 rings (SSSR count). The third-order valence-electron chi connectivity index (χ3n) is 4.46. The zero-order valence-corrected chi connectivity index (χ0v) is 16.9. The largest absolute Gasteiger partial charge is 0.378 e. The minimum Gasteiger partial charge on any atom is -0.378 e. The van der Waals surface area contributed by atoms with Crippen LogP contribution in [0.5, 0.6) is 0 Å². The standard InChI is InChI=1S/C23H22INO/c1-2-17-8-10-19(11-9-17)23(26)16-22(18-6-4-3-5-7-18)25-21-14-12-20(24)13-15-21/h3-15,22,25H,2,16H2,1H3. The van der Waals surface area contributed by atoms with Crippen molar-refractivity contribution in [2.75, 3.05) is 5.32 Å². The molecule has 26 heavy (non-hydrogen) atoms. The summed E-state index contributed by atoms with van der Waals surface area (Å²) < 4.78 is 1.19. The van der Waals surface area contributed by atoms with E-state index in [1.165, 1.54) is 9.13 Å². The smallest absolute Gasteiger partial charge is 0.165 e. The molecule has 1 atom stereocenters. The van der Waals surface area contributed by atoms with Crippen molar-refractivity contribution in [3.05, 3.63) is 99.1 Å². The number of hydrogen-bond acceptors (Lipinski definition) is 2. The lowest BCUT2D eigenvalue weighted by Crippen LogP contribution is -2.16. The average molecular weight is 455 g/mol. The van der Waals surface area contributed by atoms with E-state index in [9.17, 15) is 4.79 Å². The molecule has 0 aromatic heterocycles. The second kappa shape index (κ2) is 8.99. The average Bonchev–Trinajstić information content (AvgIpc) is 2.70. The maximum absolute atomic E-state index is 12.8. The molecule has 1 N–H and O–H groups in total. The topological polar surface area (TPSA) is 29.1 Å². The van der Waals surface area contributed by atoms with E-state index in [1.54, 1.807) is 0 Å². The number of aryl methyl sites for hydroxylation is 1. The number of rotatable bonds is 7. The van der Waals surface area contributed by atoms with Gasteiger partial charge >= 0.3 is 0 Å². The van der Waals surface area contributed by atoms with Crippen LogP contribution in [0, 0.1) is 3.57 Å². The Bertz CT molecular complexity index is 842. The van der Waals surface area contributed by atoms with Crippen LogP contribution in [0.2, 0.25) is 0 Å². The fraction of sp³-hybridized carbons (Fsp3) is 0.174. The van der Waals surface area contributed by atoms with Crippen molar-refractivity contribution < 1.29 is 4.79 Å². The highest BCUT2D eigenvalue weighted by Gasteiger charge is 2.17. The quantitative estimate of drug-likeness (QED) is 0.336. The van der Waals surface area contributed by atoms with Crippen LogP contribution in [0.25, 0.3) is 0 Å². The Morgan fingerprint density at radius 2 is 1.58 bits per heavy atom. The summed E-state index contributed by atoms with van der Waals surface area (Å²) in [5.41, 5.74) is 4.16. The molecule has 1 unspecified atom stereocenters. The first-order valence-electron chi connectivity index (χ1n) is 8.85. The maximum atomic E-state index is 12.8. The van der Waals surface area contributed by atoms with Crippen LogP contribution in [0.4, 0.5) is 5.69 Å². The molecule has 0 radical (unpaired) electrons. The van der Waals surface area contributed by atoms with Gasteiger partial charge in [0.05, 0.1) is 6.04 Å². The Morgan fingerprint density at radius 3 is 2.19 bits per heavy atom. The Morgan fingerprint density at radius 1 is 0.923 bits per heavy atom. The molecule has 2 nitrogen and oxygen atoms in total. The van der Waals surface area contributed by atoms with E-state index in [2.05, 4.69) is 71.2 Å². The highest BCUT2D eigenvalue weighted by Crippen LogP contribution is 2.25. The van der Waals surface area contributed by atoms with E-state index >= 15 is 0 Å². The molecule has 132 valence electrons. The SMILES string of the molecule is CCc1ccc(C(=O)CC(Nc2ccc(I)cc2)c2ccccc2)cc1. The maximum Gasteiger partial charge on any atom is 0.165 e. The van der Waals surface area contributed by atoms with Crippen molar-refractivity contribution in [3.8, 4) is 0 Å². The number of halogens is 1. The summed E-state index contributed by atoms with van der Waals surface area (Å²) in [6, 6.07) is 26.3. The monoisotopic (exact) mass is 455 g/mol. The van der Waals surface area contributed by atoms with Gasteiger partial charge < -0.3 is 5.32 Å². The van der Waals surface area contributed by atoms with Gasteiger partial charge in [-0.1, -0.05) is 61.5 Å². The molecule has 0 heterocycles. The van der Waals surface area contributed by atoms with Gasteiger partial charge in [0.15, 0.2) is 5.78 Å². The van der Waals surface area contributed by atoms with Gasteiger partial charge in [0.1, 0.15) is 0 Å². The molecular weight excluding hydrogens is 433 g/mol. The minimum atomic E-state index is -0.0605. The number of hydrogen-bond donors (Lipinski definition) is 1. The summed E-state index contributed by atoms with van der Waals surface area (Å²) in [4.78, 5) is 12.8. The lowest BCUT2D eigenvalue weighted by atomic mass is 9.97. The predicted molar refractivity (Wildman–Crippen MR) is 117 cm³/mol. The van der Waals surface area contributed by atoms with Crippen LogP contribution < -0.4 is 5.32 Å². The molecule has 0 amide bonds. The Kier molecular flexibility index (Phi) is 6.45. The van der Waals surface area contributed by atoms with E-state index in [-0.39, 0.29) is 11.8 Å². The Balaban J connectivity index is 1.80. The van der Waals surface area contributed by atoms with Gasteiger partial charge in [0.25, 0.3) is 0 Å². The molecule has 3 heteroatoms. The van der Waals surface area contributed by atoms with Crippen LogP contribution in [-0.4, -0.2) is 5.78 Å². The first kappa shape index (κ1) is 18.6. The summed E-state index contributed by atoms with van der Waals surface area (Å²) in [6.07, 6.45) is 1.40. The normalized spacial score (nSPS) is 11.8. The van der Waals surface area contributed by atoms with Crippen molar-refractivity contribution in [3.63, 3.8) is 0 Å². The predicted octanol–water partition coefficient (Wildman–Crippen LogP) is 6.28. The summed E-state index contributed by atoms with van der Waals surface area (Å²) in [5.74, 6) is 0.152. The second-order valence-electron chi connectivity index (χ2n) is 6.29. The number of carbonyl (C=O) groups excluding carboxylic acids is 1. The van der Waals surface area contributed by atoms with E-state index in [0.717, 1.165) is 23.2 Å². The fourth-order valence-corrected chi connectivity index (χ4v) is 3.27. The van der Waals surface area contributed by atoms with Crippen molar-refractivity contribution in [1.29, 1.82) is 0 Å². The molecule has 3 aromatic rings. The number of ketones is 1. The zero-order chi connectivity index (χ0) is 18.4. The molecule has 0 bridgehead atoms. The number of anilines is 1. The molecule has 0 aliphatic heterocycles. The van der Waals surface area contributed by atoms with Crippen LogP contribution in [0.1, 0.15) is 40.9 Å². The van der Waals surface area contributed by atoms with Crippen LogP contribution in [0.15, 0.2) is 78.9 Å². The molecule has 0 saturated carbocycles. The van der Waals surface area contributed by atoms with Crippen LogP contribution in [0.3, 0.4) is 0 Å². The Hall–Kier alpha value is -2.14. The van der Waals surface area contributed by atoms with Gasteiger partial charge in [-0.25, -0.2) is 0 Å². The van der Waals surface area contributed by atoms with E-state index < -0.39 is 0 Å². The Labute approximate surface area is 168 Å². The number of benzene rings is 3. The van der Waals surface area contributed by atoms with Gasteiger partial charge in [0, 0.05) is 21.2 Å². The van der Waals surface area contributed by atoms with Gasteiger partial charge in [-0.05, 0) is 64.4 Å². The summed E-state index contributed by atoms with van der Waals surface area (Å²) in [5, 5.41) is 3.52. The summed E-state index contributed by atoms with van der Waals surface area (Å²) in [6.45, 7) is 2.12. The molecule has 3 aromatic carbocycles. The van der Waals surface area contributed by atoms with Gasteiger partial charge in [-0.2, -0.15) is 0 Å². The highest BCUT2D eigenvalue weighted by atomic mass is 127. The van der Waals surface area contributed by atoms with E-state index in [1.807, 2.05) is 42.5 Å². The number of carbonyl (C=O) groups is 1. The number of Topliss-reactive ketones (excluding diaryl/α,β-unsaturated/α-hetero) is 1. The van der Waals surface area contributed by atoms with Crippen molar-refractivity contribution >= 4 is 34.1 Å². The van der Waals surface area contributed by atoms with Crippen LogP contribution in [-0.2, 0) is 6.42 Å². The van der Waals surface area contributed by atoms with Crippen LogP contribution >= 0.6 is 22.6 Å². The zero-order valence-electron chi connectivity index (χ0n) is 14.8. The van der Waals surface area contributed by atoms with E-state index in [0.29, 0.717) is 6.42 Å². The van der Waals surface area contributed by atoms with Crippen molar-refractivity contribution in [2.45, 2.75) is 25.8 Å². The second-order valence-corrected chi connectivity index (χ2v) is 7.54. The van der Waals surface area contributed by atoms with Crippen molar-refractivity contribution in [2.24, 2.45) is 0 Å². The summed E-state index contributed by atoms with van der Waals surface area (Å²) >= 11 is 2.29. The molecule has 0 aliphatic rings. The first-order valence-corrected chi connectivity index (χ1v) is 9.93. The lowest BCUT2D eigenvalue weighted by molar-refractivity contribution is 0.0976. The molecule has 0 spiro atoms. The molecule has 0 fully saturated rings. The van der Waals surface area contributed by atoms with Crippen molar-refractivity contribution in [1.82, 2.24) is 0 Å². The lowest BCUT2D eigenvalue weighted by Gasteiger charge is -2.20. The van der Waals surface area contributed by atoms with E-state index in [4.69, 9.17) is 0 Å². The first-order chi connectivity index (χ1) is 12.7. The number of nitrogens with one attached hydrogen (secondary N) is 1. The minimum absolute atomic E-state index is 0.0605. The molecule has 0 saturated heterocycles.